The van der Waals surface area contributed by atoms with Gasteiger partial charge in [0.25, 0.3) is 0 Å². The van der Waals surface area contributed by atoms with Crippen LogP contribution >= 0.6 is 23.4 Å². The zero-order valence-electron chi connectivity index (χ0n) is 8.31. The number of hydrogen-bond donors (Lipinski definition) is 1. The average molecular weight is 246 g/mol. The Morgan fingerprint density at radius 1 is 1.73 bits per heavy atom. The molecule has 1 rings (SSSR count). The van der Waals surface area contributed by atoms with Gasteiger partial charge in [-0.1, -0.05) is 18.5 Å². The first-order chi connectivity index (χ1) is 7.09. The lowest BCUT2D eigenvalue weighted by Crippen LogP contribution is -2.11. The maximum absolute atomic E-state index is 10.5. The minimum Gasteiger partial charge on any atom is -0.481 e. The molecule has 82 valence electrons. The Morgan fingerprint density at radius 2 is 2.47 bits per heavy atom. The second-order valence-corrected chi connectivity index (χ2v) is 4.69. The van der Waals surface area contributed by atoms with Gasteiger partial charge in [0.1, 0.15) is 0 Å². The van der Waals surface area contributed by atoms with E-state index in [-0.39, 0.29) is 5.92 Å². The molecular formula is C10H12ClNO2S. The predicted octanol–water partition coefficient (Wildman–Crippen LogP) is 2.69. The summed E-state index contributed by atoms with van der Waals surface area (Å²) < 4.78 is 0. The Bertz CT molecular complexity index is 346. The van der Waals surface area contributed by atoms with Gasteiger partial charge in [-0.05, 0) is 12.1 Å². The lowest BCUT2D eigenvalue weighted by Gasteiger charge is -2.05. The number of thioether (sulfide) groups is 1. The number of hydrogen-bond acceptors (Lipinski definition) is 3. The highest BCUT2D eigenvalue weighted by Gasteiger charge is 2.10. The highest BCUT2D eigenvalue weighted by Crippen LogP contribution is 2.16. The largest absolute Gasteiger partial charge is 0.481 e. The van der Waals surface area contributed by atoms with Gasteiger partial charge in [-0.2, -0.15) is 11.8 Å². The lowest BCUT2D eigenvalue weighted by molar-refractivity contribution is -0.140. The van der Waals surface area contributed by atoms with Crippen LogP contribution in [0.1, 0.15) is 12.6 Å². The minimum atomic E-state index is -0.762. The molecule has 0 saturated heterocycles. The van der Waals surface area contributed by atoms with E-state index >= 15 is 0 Å². The summed E-state index contributed by atoms with van der Waals surface area (Å²) in [7, 11) is 0. The second-order valence-electron chi connectivity index (χ2n) is 3.22. The minimum absolute atomic E-state index is 0.325. The number of nitrogens with zero attached hydrogens (tertiary/aromatic N) is 1. The molecule has 3 nitrogen and oxygen atoms in total. The topological polar surface area (TPSA) is 50.2 Å². The summed E-state index contributed by atoms with van der Waals surface area (Å²) in [6, 6.07) is 3.51. The molecule has 1 unspecified atom stereocenters. The third-order valence-corrected chi connectivity index (χ3v) is 3.29. The van der Waals surface area contributed by atoms with Gasteiger partial charge >= 0.3 is 5.97 Å². The molecule has 0 aromatic carbocycles. The van der Waals surface area contributed by atoms with Crippen LogP contribution in [0, 0.1) is 5.92 Å². The van der Waals surface area contributed by atoms with E-state index in [4.69, 9.17) is 16.7 Å². The fourth-order valence-corrected chi connectivity index (χ4v) is 2.10. The quantitative estimate of drug-likeness (QED) is 0.867. The van der Waals surface area contributed by atoms with Crippen LogP contribution in [0.25, 0.3) is 0 Å². The van der Waals surface area contributed by atoms with Crippen molar-refractivity contribution >= 4 is 29.3 Å². The molecule has 0 aliphatic rings. The van der Waals surface area contributed by atoms with Crippen molar-refractivity contribution < 1.29 is 9.90 Å². The molecule has 0 amide bonds. The first kappa shape index (κ1) is 12.3. The van der Waals surface area contributed by atoms with E-state index < -0.39 is 5.97 Å². The molecule has 0 radical (unpaired) electrons. The SMILES string of the molecule is CC(CSCc1cc(Cl)ccn1)C(=O)O. The van der Waals surface area contributed by atoms with Gasteiger partial charge in [0.2, 0.25) is 0 Å². The summed E-state index contributed by atoms with van der Waals surface area (Å²) in [4.78, 5) is 14.7. The van der Waals surface area contributed by atoms with Crippen molar-refractivity contribution in [3.8, 4) is 0 Å². The average Bonchev–Trinajstić information content (AvgIpc) is 2.17. The summed E-state index contributed by atoms with van der Waals surface area (Å²) >= 11 is 7.34. The van der Waals surface area contributed by atoms with Crippen molar-refractivity contribution in [2.45, 2.75) is 12.7 Å². The van der Waals surface area contributed by atoms with Crippen molar-refractivity contribution in [3.63, 3.8) is 0 Å². The summed E-state index contributed by atoms with van der Waals surface area (Å²) in [5.74, 6) is 0.192. The molecule has 0 aliphatic heterocycles. The molecule has 15 heavy (non-hydrogen) atoms. The molecule has 1 N–H and O–H groups in total. The summed E-state index contributed by atoms with van der Waals surface area (Å²) in [5, 5.41) is 9.33. The third kappa shape index (κ3) is 4.53. The van der Waals surface area contributed by atoms with E-state index in [1.54, 1.807) is 37.0 Å². The Labute approximate surface area is 97.9 Å². The van der Waals surface area contributed by atoms with Crippen molar-refractivity contribution in [3.05, 3.63) is 29.0 Å². The fourth-order valence-electron chi connectivity index (χ4n) is 0.939. The van der Waals surface area contributed by atoms with Crippen molar-refractivity contribution in [2.75, 3.05) is 5.75 Å². The summed E-state index contributed by atoms with van der Waals surface area (Å²) in [5.41, 5.74) is 0.880. The zero-order valence-corrected chi connectivity index (χ0v) is 9.88. The number of rotatable bonds is 5. The van der Waals surface area contributed by atoms with E-state index in [9.17, 15) is 4.79 Å². The van der Waals surface area contributed by atoms with Crippen molar-refractivity contribution in [1.29, 1.82) is 0 Å². The molecule has 1 atom stereocenters. The highest BCUT2D eigenvalue weighted by atomic mass is 35.5. The zero-order chi connectivity index (χ0) is 11.3. The number of aromatic nitrogens is 1. The van der Waals surface area contributed by atoms with Crippen LogP contribution in [-0.2, 0) is 10.5 Å². The number of pyridine rings is 1. The molecule has 0 bridgehead atoms. The van der Waals surface area contributed by atoms with Gasteiger partial charge in [-0.15, -0.1) is 0 Å². The van der Waals surface area contributed by atoms with E-state index in [2.05, 4.69) is 4.98 Å². The van der Waals surface area contributed by atoms with Gasteiger partial charge in [0, 0.05) is 22.7 Å². The van der Waals surface area contributed by atoms with E-state index in [0.717, 1.165) is 5.69 Å². The van der Waals surface area contributed by atoms with E-state index in [1.807, 2.05) is 0 Å². The molecule has 0 fully saturated rings. The number of carbonyl (C=O) groups is 1. The van der Waals surface area contributed by atoms with Gasteiger partial charge in [0.15, 0.2) is 0 Å². The normalized spacial score (nSPS) is 12.4. The van der Waals surface area contributed by atoms with Gasteiger partial charge < -0.3 is 5.11 Å². The fraction of sp³-hybridized carbons (Fsp3) is 0.400. The van der Waals surface area contributed by atoms with Crippen LogP contribution in [0.3, 0.4) is 0 Å². The monoisotopic (exact) mass is 245 g/mol. The second kappa shape index (κ2) is 5.98. The molecule has 0 aliphatic carbocycles. The van der Waals surface area contributed by atoms with Gasteiger partial charge in [0.05, 0.1) is 11.6 Å². The Kier molecular flexibility index (Phi) is 4.91. The molecule has 1 aromatic rings. The Hall–Kier alpha value is -0.740. The van der Waals surface area contributed by atoms with E-state index in [0.29, 0.717) is 16.5 Å². The number of carboxylic acid groups (broad SMARTS) is 1. The number of aliphatic carboxylic acids is 1. The van der Waals surface area contributed by atoms with Gasteiger partial charge in [-0.3, -0.25) is 9.78 Å². The van der Waals surface area contributed by atoms with Crippen LogP contribution in [-0.4, -0.2) is 21.8 Å². The Morgan fingerprint density at radius 3 is 3.07 bits per heavy atom. The number of halogens is 1. The molecule has 0 saturated carbocycles. The van der Waals surface area contributed by atoms with Crippen LogP contribution in [0.15, 0.2) is 18.3 Å². The molecule has 1 aromatic heterocycles. The third-order valence-electron chi connectivity index (χ3n) is 1.82. The standard InChI is InChI=1S/C10H12ClNO2S/c1-7(10(13)14)5-15-6-9-4-8(11)2-3-12-9/h2-4,7H,5-6H2,1H3,(H,13,14). The first-order valence-corrected chi connectivity index (χ1v) is 6.04. The van der Waals surface area contributed by atoms with E-state index in [1.165, 1.54) is 0 Å². The van der Waals surface area contributed by atoms with Crippen LogP contribution in [0.5, 0.6) is 0 Å². The highest BCUT2D eigenvalue weighted by molar-refractivity contribution is 7.98. The molecular weight excluding hydrogens is 234 g/mol. The Balaban J connectivity index is 2.35. The molecule has 5 heteroatoms. The van der Waals surface area contributed by atoms with Crippen LogP contribution in [0.2, 0.25) is 5.02 Å². The molecule has 0 spiro atoms. The van der Waals surface area contributed by atoms with Crippen LogP contribution < -0.4 is 0 Å². The summed E-state index contributed by atoms with van der Waals surface area (Å²) in [6.45, 7) is 1.70. The summed E-state index contributed by atoms with van der Waals surface area (Å²) in [6.07, 6.45) is 1.65. The maximum atomic E-state index is 10.5. The first-order valence-electron chi connectivity index (χ1n) is 4.50. The molecule has 1 heterocycles. The van der Waals surface area contributed by atoms with Crippen LogP contribution in [0.4, 0.5) is 0 Å². The van der Waals surface area contributed by atoms with Crippen molar-refractivity contribution in [2.24, 2.45) is 5.92 Å². The lowest BCUT2D eigenvalue weighted by atomic mass is 10.2. The predicted molar refractivity (Wildman–Crippen MR) is 62.2 cm³/mol. The smallest absolute Gasteiger partial charge is 0.307 e. The number of carboxylic acids is 1. The van der Waals surface area contributed by atoms with Gasteiger partial charge in [-0.25, -0.2) is 0 Å². The van der Waals surface area contributed by atoms with Crippen molar-refractivity contribution in [1.82, 2.24) is 4.98 Å². The maximum Gasteiger partial charge on any atom is 0.307 e.